The van der Waals surface area contributed by atoms with Crippen LogP contribution in [-0.4, -0.2) is 23.4 Å². The zero-order valence-electron chi connectivity index (χ0n) is 15.0. The Hall–Kier alpha value is -1.97. The van der Waals surface area contributed by atoms with Crippen LogP contribution in [0.4, 0.5) is 5.82 Å². The van der Waals surface area contributed by atoms with Crippen LogP contribution in [0.2, 0.25) is 0 Å². The minimum atomic E-state index is -0.0967. The predicted octanol–water partition coefficient (Wildman–Crippen LogP) is 4.45. The second kappa shape index (κ2) is 7.53. The topological polar surface area (TPSA) is 39.1 Å². The predicted molar refractivity (Wildman–Crippen MR) is 96.4 cm³/mol. The van der Waals surface area contributed by atoms with Gasteiger partial charge in [0.05, 0.1) is 12.8 Å². The van der Waals surface area contributed by atoms with Gasteiger partial charge in [-0.05, 0) is 37.5 Å². The Morgan fingerprint density at radius 2 is 2.09 bits per heavy atom. The number of benzene rings is 1. The fourth-order valence-electron chi connectivity index (χ4n) is 2.94. The highest BCUT2D eigenvalue weighted by atomic mass is 16.5. The molecule has 1 aromatic heterocycles. The van der Waals surface area contributed by atoms with Crippen LogP contribution in [0.5, 0.6) is 5.75 Å². The zero-order chi connectivity index (χ0) is 16.9. The normalized spacial score (nSPS) is 15.5. The molecule has 1 atom stereocenters. The molecule has 0 saturated carbocycles. The van der Waals surface area contributed by atoms with Crippen LogP contribution in [0.3, 0.4) is 0 Å². The van der Waals surface area contributed by atoms with E-state index in [9.17, 15) is 0 Å². The lowest BCUT2D eigenvalue weighted by Gasteiger charge is -2.27. The standard InChI is InChI=1S/C17H23N3O.C2H6/c1-4-17(2,13-7-5-8-14(11-13)21-3)15-12-16-18-9-6-10-20(16)19-15;1-2/h5,7-8,11-12,18H,4,6,9-10H2,1-3H3;1-2H3. The SMILES string of the molecule is CC.CCC(C)(c1cccc(OC)c1)c1cc2n(n1)CCCN2. The molecule has 0 aliphatic carbocycles. The Balaban J connectivity index is 0.000000924. The van der Waals surface area contributed by atoms with Gasteiger partial charge in [-0.25, -0.2) is 4.68 Å². The summed E-state index contributed by atoms with van der Waals surface area (Å²) in [5, 5.41) is 8.27. The van der Waals surface area contributed by atoms with E-state index in [-0.39, 0.29) is 5.41 Å². The lowest BCUT2D eigenvalue weighted by molar-refractivity contribution is 0.412. The molecule has 126 valence electrons. The summed E-state index contributed by atoms with van der Waals surface area (Å²) in [6.07, 6.45) is 2.13. The maximum Gasteiger partial charge on any atom is 0.124 e. The van der Waals surface area contributed by atoms with Gasteiger partial charge >= 0.3 is 0 Å². The van der Waals surface area contributed by atoms with E-state index in [1.165, 1.54) is 5.56 Å². The molecule has 0 amide bonds. The summed E-state index contributed by atoms with van der Waals surface area (Å²) in [6, 6.07) is 10.5. The molecule has 1 aliphatic heterocycles. The highest BCUT2D eigenvalue weighted by molar-refractivity contribution is 5.45. The molecule has 1 N–H and O–H groups in total. The summed E-state index contributed by atoms with van der Waals surface area (Å²) in [4.78, 5) is 0. The number of methoxy groups -OCH3 is 1. The van der Waals surface area contributed by atoms with Crippen molar-refractivity contribution in [2.75, 3.05) is 19.0 Å². The van der Waals surface area contributed by atoms with E-state index < -0.39 is 0 Å². The monoisotopic (exact) mass is 315 g/mol. The van der Waals surface area contributed by atoms with Crippen molar-refractivity contribution in [3.8, 4) is 5.75 Å². The Morgan fingerprint density at radius 1 is 1.30 bits per heavy atom. The molecule has 2 aromatic rings. The van der Waals surface area contributed by atoms with Crippen LogP contribution in [0, 0.1) is 0 Å². The Labute approximate surface area is 139 Å². The number of nitrogens with one attached hydrogen (secondary N) is 1. The molecule has 0 radical (unpaired) electrons. The fourth-order valence-corrected chi connectivity index (χ4v) is 2.94. The lowest BCUT2D eigenvalue weighted by atomic mass is 9.77. The molecule has 23 heavy (non-hydrogen) atoms. The molecule has 0 saturated heterocycles. The number of anilines is 1. The van der Waals surface area contributed by atoms with Crippen LogP contribution in [0.1, 0.15) is 51.8 Å². The van der Waals surface area contributed by atoms with Gasteiger partial charge in [-0.1, -0.05) is 32.9 Å². The summed E-state index contributed by atoms with van der Waals surface area (Å²) in [7, 11) is 1.71. The van der Waals surface area contributed by atoms with Crippen molar-refractivity contribution in [2.45, 2.75) is 52.5 Å². The average molecular weight is 315 g/mol. The van der Waals surface area contributed by atoms with Crippen molar-refractivity contribution >= 4 is 5.82 Å². The highest BCUT2D eigenvalue weighted by Gasteiger charge is 2.31. The summed E-state index contributed by atoms with van der Waals surface area (Å²) in [5.74, 6) is 2.04. The van der Waals surface area contributed by atoms with Crippen LogP contribution < -0.4 is 10.1 Å². The highest BCUT2D eigenvalue weighted by Crippen LogP contribution is 2.37. The third kappa shape index (κ3) is 3.36. The lowest BCUT2D eigenvalue weighted by Crippen LogP contribution is -2.24. The number of aryl methyl sites for hydroxylation is 1. The molecule has 1 aromatic carbocycles. The van der Waals surface area contributed by atoms with Gasteiger partial charge in [0.1, 0.15) is 11.6 Å². The number of hydrogen-bond acceptors (Lipinski definition) is 3. The van der Waals surface area contributed by atoms with E-state index in [2.05, 4.69) is 48.1 Å². The fraction of sp³-hybridized carbons (Fsp3) is 0.526. The molecular weight excluding hydrogens is 286 g/mol. The molecule has 0 bridgehead atoms. The van der Waals surface area contributed by atoms with E-state index in [0.29, 0.717) is 0 Å². The van der Waals surface area contributed by atoms with Crippen LogP contribution in [-0.2, 0) is 12.0 Å². The van der Waals surface area contributed by atoms with E-state index >= 15 is 0 Å². The van der Waals surface area contributed by atoms with E-state index in [1.54, 1.807) is 7.11 Å². The van der Waals surface area contributed by atoms with Crippen LogP contribution in [0.15, 0.2) is 30.3 Å². The minimum Gasteiger partial charge on any atom is -0.497 e. The third-order valence-corrected chi connectivity index (χ3v) is 4.61. The molecule has 1 unspecified atom stereocenters. The first-order chi connectivity index (χ1) is 11.2. The van der Waals surface area contributed by atoms with Gasteiger partial charge in [-0.2, -0.15) is 5.10 Å². The van der Waals surface area contributed by atoms with Crippen LogP contribution >= 0.6 is 0 Å². The first-order valence-corrected chi connectivity index (χ1v) is 8.64. The van der Waals surface area contributed by atoms with E-state index in [1.807, 2.05) is 19.9 Å². The summed E-state index contributed by atoms with van der Waals surface area (Å²) in [5.41, 5.74) is 2.28. The van der Waals surface area contributed by atoms with Gasteiger partial charge in [0.15, 0.2) is 0 Å². The number of fused-ring (bicyclic) bond motifs is 1. The molecule has 0 fully saturated rings. The van der Waals surface area contributed by atoms with Crippen LogP contribution in [0.25, 0.3) is 0 Å². The Morgan fingerprint density at radius 3 is 2.74 bits per heavy atom. The quantitative estimate of drug-likeness (QED) is 0.906. The minimum absolute atomic E-state index is 0.0967. The van der Waals surface area contributed by atoms with Gasteiger partial charge in [-0.15, -0.1) is 0 Å². The smallest absolute Gasteiger partial charge is 0.124 e. The van der Waals surface area contributed by atoms with Crippen molar-refractivity contribution in [3.63, 3.8) is 0 Å². The first kappa shape index (κ1) is 17.4. The third-order valence-electron chi connectivity index (χ3n) is 4.61. The summed E-state index contributed by atoms with van der Waals surface area (Å²) >= 11 is 0. The molecule has 3 rings (SSSR count). The maximum atomic E-state index is 5.37. The van der Waals surface area contributed by atoms with Gasteiger partial charge in [0.25, 0.3) is 0 Å². The maximum absolute atomic E-state index is 5.37. The van der Waals surface area contributed by atoms with Gasteiger partial charge in [0, 0.05) is 24.6 Å². The Kier molecular flexibility index (Phi) is 5.69. The molecule has 2 heterocycles. The number of ether oxygens (including phenoxy) is 1. The average Bonchev–Trinajstić information content (AvgIpc) is 3.07. The number of hydrogen-bond donors (Lipinski definition) is 1. The molecule has 0 spiro atoms. The van der Waals surface area contributed by atoms with Gasteiger partial charge in [-0.3, -0.25) is 0 Å². The summed E-state index contributed by atoms with van der Waals surface area (Å²) in [6.45, 7) is 10.5. The van der Waals surface area contributed by atoms with Crippen molar-refractivity contribution < 1.29 is 4.74 Å². The largest absolute Gasteiger partial charge is 0.497 e. The van der Waals surface area contributed by atoms with E-state index in [4.69, 9.17) is 9.84 Å². The summed E-state index contributed by atoms with van der Waals surface area (Å²) < 4.78 is 7.46. The second-order valence-electron chi connectivity index (χ2n) is 5.84. The number of rotatable bonds is 4. The van der Waals surface area contributed by atoms with Crippen molar-refractivity contribution in [1.29, 1.82) is 0 Å². The van der Waals surface area contributed by atoms with Crippen molar-refractivity contribution in [1.82, 2.24) is 9.78 Å². The second-order valence-corrected chi connectivity index (χ2v) is 5.84. The van der Waals surface area contributed by atoms with Gasteiger partial charge in [0.2, 0.25) is 0 Å². The number of nitrogens with zero attached hydrogens (tertiary/aromatic N) is 2. The zero-order valence-corrected chi connectivity index (χ0v) is 15.0. The Bertz CT molecular complexity index is 612. The number of aromatic nitrogens is 2. The van der Waals surface area contributed by atoms with E-state index in [0.717, 1.165) is 43.2 Å². The first-order valence-electron chi connectivity index (χ1n) is 8.64. The molecular formula is C19H29N3O. The molecule has 1 aliphatic rings. The molecule has 4 heteroatoms. The van der Waals surface area contributed by atoms with Crippen molar-refractivity contribution in [3.05, 3.63) is 41.6 Å². The van der Waals surface area contributed by atoms with Gasteiger partial charge < -0.3 is 10.1 Å². The molecule has 4 nitrogen and oxygen atoms in total. The van der Waals surface area contributed by atoms with Crippen molar-refractivity contribution in [2.24, 2.45) is 0 Å².